The number of hydrogen-bond acceptors (Lipinski definition) is 5. The van der Waals surface area contributed by atoms with Crippen LogP contribution in [0.1, 0.15) is 76.0 Å². The first kappa shape index (κ1) is 32.0. The third-order valence-corrected chi connectivity index (χ3v) is 8.84. The average Bonchev–Trinajstić information content (AvgIpc) is 3.92. The molecule has 2 aliphatic heterocycles. The van der Waals surface area contributed by atoms with E-state index in [4.69, 9.17) is 14.2 Å². The van der Waals surface area contributed by atoms with E-state index in [0.29, 0.717) is 31.7 Å². The van der Waals surface area contributed by atoms with Gasteiger partial charge in [0.1, 0.15) is 5.60 Å². The van der Waals surface area contributed by atoms with E-state index in [9.17, 15) is 9.59 Å². The van der Waals surface area contributed by atoms with Gasteiger partial charge in [0.25, 0.3) is 5.91 Å². The molecule has 1 atom stereocenters. The zero-order chi connectivity index (χ0) is 32.1. The first-order chi connectivity index (χ1) is 22.2. The van der Waals surface area contributed by atoms with E-state index >= 15 is 0 Å². The second-order valence-electron chi connectivity index (χ2n) is 13.6. The average molecular weight is 623 g/mol. The van der Waals surface area contributed by atoms with Crippen LogP contribution in [0.25, 0.3) is 16.7 Å². The number of carbonyl (C=O) groups excluding carboxylic acids is 2. The quantitative estimate of drug-likeness (QED) is 0.242. The molecule has 1 unspecified atom stereocenters. The number of benzene rings is 3. The van der Waals surface area contributed by atoms with Gasteiger partial charge < -0.3 is 24.0 Å². The largest absolute Gasteiger partial charge is 0.444 e. The van der Waals surface area contributed by atoms with E-state index in [2.05, 4.69) is 48.5 Å². The summed E-state index contributed by atoms with van der Waals surface area (Å²) in [5, 5.41) is 0. The van der Waals surface area contributed by atoms with Crippen molar-refractivity contribution in [1.29, 1.82) is 0 Å². The number of carbonyl (C=O) groups is 2. The van der Waals surface area contributed by atoms with Gasteiger partial charge in [-0.2, -0.15) is 0 Å². The zero-order valence-corrected chi connectivity index (χ0v) is 27.4. The summed E-state index contributed by atoms with van der Waals surface area (Å²) in [5.74, 6) is -0.0118. The lowest BCUT2D eigenvalue weighted by Gasteiger charge is -2.34. The predicted octanol–water partition coefficient (Wildman–Crippen LogP) is 7.98. The Morgan fingerprint density at radius 1 is 0.870 bits per heavy atom. The fraction of sp³-hybridized carbons (Fsp3) is 0.436. The van der Waals surface area contributed by atoms with Gasteiger partial charge in [0, 0.05) is 31.3 Å². The maximum atomic E-state index is 14.7. The lowest BCUT2D eigenvalue weighted by molar-refractivity contribution is -0.169. The maximum Gasteiger partial charge on any atom is 0.410 e. The zero-order valence-electron chi connectivity index (χ0n) is 27.4. The molecular weight excluding hydrogens is 576 g/mol. The summed E-state index contributed by atoms with van der Waals surface area (Å²) in [6.45, 7) is 7.98. The van der Waals surface area contributed by atoms with Gasteiger partial charge >= 0.3 is 6.09 Å². The number of rotatable bonds is 9. The summed E-state index contributed by atoms with van der Waals surface area (Å²) < 4.78 is 17.7. The van der Waals surface area contributed by atoms with Crippen LogP contribution in [0.15, 0.2) is 84.4 Å². The molecule has 242 valence electrons. The van der Waals surface area contributed by atoms with Crippen molar-refractivity contribution < 1.29 is 23.8 Å². The standard InChI is InChI=1S/C39H46N2O5/c1-39(2,3)46-38(43)40-22-21-34(30-17-11-16-29(24-30)28-12-5-4-6-13-28)35(26-40)37(42)41(33-19-20-33)25-31-14-7-8-15-32(31)27-45-36-18-9-10-23-44-36/h4-8,11-17,24,33,36H,9-10,18-23,25-27H2,1-3H3. The minimum absolute atomic E-state index is 0.0118. The summed E-state index contributed by atoms with van der Waals surface area (Å²) >= 11 is 0. The molecule has 0 radical (unpaired) electrons. The Hall–Kier alpha value is -3.94. The fourth-order valence-electron chi connectivity index (χ4n) is 6.27. The molecule has 2 fully saturated rings. The van der Waals surface area contributed by atoms with Crippen molar-refractivity contribution in [2.45, 2.75) is 90.4 Å². The molecular formula is C39H46N2O5. The molecule has 1 saturated carbocycles. The SMILES string of the molecule is CC(C)(C)OC(=O)N1CCC(c2cccc(-c3ccccc3)c2)=C(C(=O)N(Cc2ccccc2COC2CCCCO2)C2CC2)C1. The summed E-state index contributed by atoms with van der Waals surface area (Å²) in [6, 6.07) is 27.1. The third-order valence-electron chi connectivity index (χ3n) is 8.84. The molecule has 46 heavy (non-hydrogen) atoms. The van der Waals surface area contributed by atoms with Crippen molar-refractivity contribution in [3.05, 3.63) is 101 Å². The van der Waals surface area contributed by atoms with Crippen LogP contribution in [0, 0.1) is 0 Å². The van der Waals surface area contributed by atoms with Crippen LogP contribution < -0.4 is 0 Å². The second kappa shape index (κ2) is 14.2. The maximum absolute atomic E-state index is 14.7. The summed E-state index contributed by atoms with van der Waals surface area (Å²) in [7, 11) is 0. The van der Waals surface area contributed by atoms with Gasteiger partial charge in [-0.05, 0) is 98.8 Å². The summed E-state index contributed by atoms with van der Waals surface area (Å²) in [4.78, 5) is 31.7. The van der Waals surface area contributed by atoms with Crippen LogP contribution in [-0.2, 0) is 32.2 Å². The lowest BCUT2D eigenvalue weighted by atomic mass is 9.90. The van der Waals surface area contributed by atoms with Crippen LogP contribution in [0.3, 0.4) is 0 Å². The highest BCUT2D eigenvalue weighted by Crippen LogP contribution is 2.36. The van der Waals surface area contributed by atoms with Crippen molar-refractivity contribution in [1.82, 2.24) is 9.80 Å². The number of nitrogens with zero attached hydrogens (tertiary/aromatic N) is 2. The smallest absolute Gasteiger partial charge is 0.410 e. The minimum Gasteiger partial charge on any atom is -0.444 e. The van der Waals surface area contributed by atoms with E-state index < -0.39 is 5.60 Å². The van der Waals surface area contributed by atoms with Gasteiger partial charge in [-0.15, -0.1) is 0 Å². The van der Waals surface area contributed by atoms with Crippen LogP contribution in [0.2, 0.25) is 0 Å². The highest BCUT2D eigenvalue weighted by Gasteiger charge is 2.38. The summed E-state index contributed by atoms with van der Waals surface area (Å²) in [6.07, 6.45) is 5.05. The van der Waals surface area contributed by atoms with E-state index in [1.165, 1.54) is 0 Å². The van der Waals surface area contributed by atoms with Gasteiger partial charge in [-0.1, -0.05) is 72.8 Å². The van der Waals surface area contributed by atoms with E-state index in [1.54, 1.807) is 4.90 Å². The van der Waals surface area contributed by atoms with E-state index in [1.807, 2.05) is 56.0 Å². The highest BCUT2D eigenvalue weighted by molar-refractivity contribution is 6.03. The molecule has 0 spiro atoms. The molecule has 0 bridgehead atoms. The molecule has 3 aromatic rings. The van der Waals surface area contributed by atoms with Gasteiger partial charge in [-0.25, -0.2) is 4.79 Å². The Kier molecular flexibility index (Phi) is 9.90. The minimum atomic E-state index is -0.621. The van der Waals surface area contributed by atoms with Crippen molar-refractivity contribution in [3.63, 3.8) is 0 Å². The Balaban J connectivity index is 1.31. The Bertz CT molecular complexity index is 1550. The van der Waals surface area contributed by atoms with E-state index in [-0.39, 0.29) is 30.9 Å². The van der Waals surface area contributed by atoms with Crippen LogP contribution in [0.5, 0.6) is 0 Å². The normalized spacial score (nSPS) is 18.8. The van der Waals surface area contributed by atoms with Crippen LogP contribution in [0.4, 0.5) is 4.79 Å². The molecule has 3 aliphatic rings. The number of amides is 2. The topological polar surface area (TPSA) is 68.3 Å². The molecule has 0 aromatic heterocycles. The van der Waals surface area contributed by atoms with Gasteiger partial charge in [0.2, 0.25) is 0 Å². The number of hydrogen-bond donors (Lipinski definition) is 0. The Morgan fingerprint density at radius 2 is 1.59 bits per heavy atom. The Labute approximate surface area is 273 Å². The molecule has 2 amide bonds. The first-order valence-electron chi connectivity index (χ1n) is 16.7. The van der Waals surface area contributed by atoms with Crippen molar-refractivity contribution in [2.24, 2.45) is 0 Å². The van der Waals surface area contributed by atoms with Crippen molar-refractivity contribution in [2.75, 3.05) is 19.7 Å². The monoisotopic (exact) mass is 622 g/mol. The van der Waals surface area contributed by atoms with E-state index in [0.717, 1.165) is 72.1 Å². The van der Waals surface area contributed by atoms with Crippen LogP contribution >= 0.6 is 0 Å². The molecule has 1 saturated heterocycles. The van der Waals surface area contributed by atoms with Gasteiger partial charge in [-0.3, -0.25) is 4.79 Å². The molecule has 0 N–H and O–H groups in total. The third kappa shape index (κ3) is 8.06. The second-order valence-corrected chi connectivity index (χ2v) is 13.6. The van der Waals surface area contributed by atoms with Gasteiger partial charge in [0.15, 0.2) is 6.29 Å². The predicted molar refractivity (Wildman–Crippen MR) is 180 cm³/mol. The Morgan fingerprint density at radius 3 is 2.30 bits per heavy atom. The molecule has 7 nitrogen and oxygen atoms in total. The fourth-order valence-corrected chi connectivity index (χ4v) is 6.27. The summed E-state index contributed by atoms with van der Waals surface area (Å²) in [5.41, 5.74) is 6.43. The molecule has 6 rings (SSSR count). The van der Waals surface area contributed by atoms with Crippen molar-refractivity contribution in [3.8, 4) is 11.1 Å². The molecule has 1 aliphatic carbocycles. The molecule has 7 heteroatoms. The van der Waals surface area contributed by atoms with Gasteiger partial charge in [0.05, 0.1) is 13.2 Å². The van der Waals surface area contributed by atoms with Crippen LogP contribution in [-0.4, -0.2) is 59.4 Å². The van der Waals surface area contributed by atoms with Crippen molar-refractivity contribution >= 4 is 17.6 Å². The number of ether oxygens (including phenoxy) is 3. The highest BCUT2D eigenvalue weighted by atomic mass is 16.7. The molecule has 2 heterocycles. The first-order valence-corrected chi connectivity index (χ1v) is 16.7. The lowest BCUT2D eigenvalue weighted by Crippen LogP contribution is -2.44. The molecule has 3 aromatic carbocycles.